The van der Waals surface area contributed by atoms with Crippen molar-refractivity contribution in [3.05, 3.63) is 53.1 Å². The molecule has 6 nitrogen and oxygen atoms in total. The van der Waals surface area contributed by atoms with Gasteiger partial charge < -0.3 is 0 Å². The molecule has 0 spiro atoms. The molecule has 0 atom stereocenters. The monoisotopic (exact) mass is 423 g/mol. The third-order valence-electron chi connectivity index (χ3n) is 4.03. The van der Waals surface area contributed by atoms with Gasteiger partial charge in [-0.1, -0.05) is 48.9 Å². The minimum atomic E-state index is -3.77. The molecule has 1 aromatic heterocycles. The fourth-order valence-electron chi connectivity index (χ4n) is 2.64. The summed E-state index contributed by atoms with van der Waals surface area (Å²) < 4.78 is 27.8. The van der Waals surface area contributed by atoms with Gasteiger partial charge >= 0.3 is 0 Å². The molecule has 1 heterocycles. The first-order valence-electron chi connectivity index (χ1n) is 8.33. The summed E-state index contributed by atoms with van der Waals surface area (Å²) in [6, 6.07) is 11.8. The van der Waals surface area contributed by atoms with Crippen molar-refractivity contribution >= 4 is 54.2 Å². The number of carbonyl (C=O) groups excluding carboxylic acids is 1. The van der Waals surface area contributed by atoms with Gasteiger partial charge in [-0.25, -0.2) is 13.4 Å². The van der Waals surface area contributed by atoms with E-state index in [0.717, 1.165) is 10.2 Å². The Kier molecular flexibility index (Phi) is 5.81. The van der Waals surface area contributed by atoms with Gasteiger partial charge in [0, 0.05) is 18.7 Å². The van der Waals surface area contributed by atoms with Crippen molar-refractivity contribution in [1.82, 2.24) is 9.29 Å². The van der Waals surface area contributed by atoms with E-state index in [4.69, 9.17) is 11.6 Å². The average molecular weight is 424 g/mol. The maximum atomic E-state index is 12.8. The number of hydrogen-bond acceptors (Lipinski definition) is 5. The van der Waals surface area contributed by atoms with E-state index < -0.39 is 15.9 Å². The predicted octanol–water partition coefficient (Wildman–Crippen LogP) is 4.23. The summed E-state index contributed by atoms with van der Waals surface area (Å²) in [5.74, 6) is -0.443. The highest BCUT2D eigenvalue weighted by Crippen LogP contribution is 2.28. The standard InChI is InChI=1S/C18H18ClN3O3S2/c1-3-22(4-2)27(24,25)16-11-12(9-10-13(16)19)17(23)21-18-20-14-7-5-6-8-15(14)26-18/h5-11H,3-4H2,1-2H3,(H,20,21,23). The highest BCUT2D eigenvalue weighted by Gasteiger charge is 2.25. The number of amides is 1. The molecule has 0 aliphatic rings. The zero-order valence-electron chi connectivity index (χ0n) is 14.8. The van der Waals surface area contributed by atoms with Crippen molar-refractivity contribution in [2.45, 2.75) is 18.7 Å². The topological polar surface area (TPSA) is 79.4 Å². The van der Waals surface area contributed by atoms with Crippen molar-refractivity contribution < 1.29 is 13.2 Å². The molecule has 3 rings (SSSR count). The van der Waals surface area contributed by atoms with E-state index in [1.54, 1.807) is 13.8 Å². The van der Waals surface area contributed by atoms with Crippen LogP contribution in [0, 0.1) is 0 Å². The number of thiazole rings is 1. The second kappa shape index (κ2) is 7.93. The van der Waals surface area contributed by atoms with Crippen LogP contribution in [0.2, 0.25) is 5.02 Å². The number of rotatable bonds is 6. The number of para-hydroxylation sites is 1. The first-order chi connectivity index (χ1) is 12.9. The molecule has 0 radical (unpaired) electrons. The zero-order chi connectivity index (χ0) is 19.6. The van der Waals surface area contributed by atoms with Crippen molar-refractivity contribution in [1.29, 1.82) is 0 Å². The molecule has 1 amide bonds. The number of halogens is 1. The van der Waals surface area contributed by atoms with E-state index in [1.807, 2.05) is 24.3 Å². The van der Waals surface area contributed by atoms with Crippen LogP contribution in [-0.2, 0) is 10.0 Å². The Balaban J connectivity index is 1.91. The largest absolute Gasteiger partial charge is 0.298 e. The number of nitrogens with zero attached hydrogens (tertiary/aromatic N) is 2. The van der Waals surface area contributed by atoms with Crippen LogP contribution in [-0.4, -0.2) is 36.7 Å². The van der Waals surface area contributed by atoms with Crippen molar-refractivity contribution in [2.75, 3.05) is 18.4 Å². The van der Waals surface area contributed by atoms with Crippen LogP contribution < -0.4 is 5.32 Å². The van der Waals surface area contributed by atoms with Gasteiger partial charge in [0.05, 0.1) is 15.2 Å². The van der Waals surface area contributed by atoms with E-state index >= 15 is 0 Å². The highest BCUT2D eigenvalue weighted by molar-refractivity contribution is 7.89. The molecular formula is C18H18ClN3O3S2. The number of aromatic nitrogens is 1. The summed E-state index contributed by atoms with van der Waals surface area (Å²) >= 11 is 7.46. The van der Waals surface area contributed by atoms with Gasteiger partial charge in [0.25, 0.3) is 5.91 Å². The van der Waals surface area contributed by atoms with E-state index in [2.05, 4.69) is 10.3 Å². The average Bonchev–Trinajstić information content (AvgIpc) is 3.04. The van der Waals surface area contributed by atoms with E-state index in [1.165, 1.54) is 33.8 Å². The van der Waals surface area contributed by atoms with Gasteiger partial charge in [0.2, 0.25) is 10.0 Å². The first kappa shape index (κ1) is 19.8. The number of carbonyl (C=O) groups is 1. The van der Waals surface area contributed by atoms with Crippen LogP contribution in [0.25, 0.3) is 10.2 Å². The van der Waals surface area contributed by atoms with Gasteiger partial charge in [0.15, 0.2) is 5.13 Å². The Morgan fingerprint density at radius 2 is 1.89 bits per heavy atom. The third kappa shape index (κ3) is 3.98. The molecule has 0 saturated carbocycles. The van der Waals surface area contributed by atoms with Gasteiger partial charge in [0.1, 0.15) is 4.90 Å². The lowest BCUT2D eigenvalue weighted by Crippen LogP contribution is -2.31. The van der Waals surface area contributed by atoms with Crippen LogP contribution in [0.4, 0.5) is 5.13 Å². The smallest absolute Gasteiger partial charge is 0.257 e. The Bertz CT molecular complexity index is 1060. The van der Waals surface area contributed by atoms with Crippen LogP contribution in [0.15, 0.2) is 47.4 Å². The van der Waals surface area contributed by atoms with E-state index in [-0.39, 0.29) is 15.5 Å². The number of benzene rings is 2. The number of hydrogen-bond donors (Lipinski definition) is 1. The fourth-order valence-corrected chi connectivity index (χ4v) is 5.46. The Hall–Kier alpha value is -2.00. The van der Waals surface area contributed by atoms with Gasteiger partial charge in [-0.05, 0) is 30.3 Å². The first-order valence-corrected chi connectivity index (χ1v) is 11.0. The molecule has 27 heavy (non-hydrogen) atoms. The van der Waals surface area contributed by atoms with Crippen LogP contribution >= 0.6 is 22.9 Å². The molecule has 0 aliphatic carbocycles. The summed E-state index contributed by atoms with van der Waals surface area (Å²) in [7, 11) is -3.77. The maximum Gasteiger partial charge on any atom is 0.257 e. The lowest BCUT2D eigenvalue weighted by Gasteiger charge is -2.19. The molecule has 9 heteroatoms. The number of fused-ring (bicyclic) bond motifs is 1. The van der Waals surface area contributed by atoms with Crippen LogP contribution in [0.5, 0.6) is 0 Å². The summed E-state index contributed by atoms with van der Waals surface area (Å²) in [6.07, 6.45) is 0. The highest BCUT2D eigenvalue weighted by atomic mass is 35.5. The molecule has 2 aromatic carbocycles. The minimum Gasteiger partial charge on any atom is -0.298 e. The lowest BCUT2D eigenvalue weighted by molar-refractivity contribution is 0.102. The summed E-state index contributed by atoms with van der Waals surface area (Å²) in [4.78, 5) is 16.9. The van der Waals surface area contributed by atoms with Gasteiger partial charge in [-0.15, -0.1) is 0 Å². The molecule has 0 unspecified atom stereocenters. The molecule has 0 aliphatic heterocycles. The number of anilines is 1. The lowest BCUT2D eigenvalue weighted by atomic mass is 10.2. The second-order valence-corrected chi connectivity index (χ2v) is 9.02. The van der Waals surface area contributed by atoms with Crippen LogP contribution in [0.1, 0.15) is 24.2 Å². The zero-order valence-corrected chi connectivity index (χ0v) is 17.2. The van der Waals surface area contributed by atoms with E-state index in [0.29, 0.717) is 18.2 Å². The molecular weight excluding hydrogens is 406 g/mol. The molecule has 142 valence electrons. The van der Waals surface area contributed by atoms with Crippen LogP contribution in [0.3, 0.4) is 0 Å². The van der Waals surface area contributed by atoms with Crippen molar-refractivity contribution in [3.8, 4) is 0 Å². The summed E-state index contributed by atoms with van der Waals surface area (Å²) in [6.45, 7) is 4.13. The second-order valence-electron chi connectivity index (χ2n) is 5.68. The molecule has 0 fully saturated rings. The summed E-state index contributed by atoms with van der Waals surface area (Å²) in [5.41, 5.74) is 0.989. The molecule has 0 bridgehead atoms. The van der Waals surface area contributed by atoms with E-state index in [9.17, 15) is 13.2 Å². The van der Waals surface area contributed by atoms with Crippen molar-refractivity contribution in [3.63, 3.8) is 0 Å². The third-order valence-corrected chi connectivity index (χ3v) is 7.51. The normalized spacial score (nSPS) is 11.9. The van der Waals surface area contributed by atoms with Gasteiger partial charge in [-0.3, -0.25) is 10.1 Å². The number of nitrogens with one attached hydrogen (secondary N) is 1. The summed E-state index contributed by atoms with van der Waals surface area (Å²) in [5, 5.41) is 3.25. The number of sulfonamides is 1. The predicted molar refractivity (Wildman–Crippen MR) is 109 cm³/mol. The quantitative estimate of drug-likeness (QED) is 0.643. The Morgan fingerprint density at radius 1 is 1.19 bits per heavy atom. The Labute approximate surface area is 166 Å². The van der Waals surface area contributed by atoms with Gasteiger partial charge in [-0.2, -0.15) is 4.31 Å². The maximum absolute atomic E-state index is 12.8. The SMILES string of the molecule is CCN(CC)S(=O)(=O)c1cc(C(=O)Nc2nc3ccccc3s2)ccc1Cl. The molecule has 0 saturated heterocycles. The Morgan fingerprint density at radius 3 is 2.56 bits per heavy atom. The molecule has 3 aromatic rings. The molecule has 1 N–H and O–H groups in total. The minimum absolute atomic E-state index is 0.0789. The van der Waals surface area contributed by atoms with Crippen molar-refractivity contribution in [2.24, 2.45) is 0 Å². The fraction of sp³-hybridized carbons (Fsp3) is 0.222.